The average molecular weight is 261 g/mol. The quantitative estimate of drug-likeness (QED) is 0.600. The van der Waals surface area contributed by atoms with Crippen LogP contribution in [0.5, 0.6) is 0 Å². The molecule has 1 aromatic carbocycles. The van der Waals surface area contributed by atoms with Crippen LogP contribution in [0.25, 0.3) is 0 Å². The lowest BCUT2D eigenvalue weighted by atomic mass is 10.1. The number of esters is 1. The van der Waals surface area contributed by atoms with Crippen LogP contribution in [0.3, 0.4) is 0 Å². The van der Waals surface area contributed by atoms with Gasteiger partial charge in [-0.25, -0.2) is 0 Å². The average Bonchev–Trinajstić information content (AvgIpc) is 2.66. The van der Waals surface area contributed by atoms with Gasteiger partial charge in [0.15, 0.2) is 5.78 Å². The summed E-state index contributed by atoms with van der Waals surface area (Å²) in [7, 11) is 0. The Morgan fingerprint density at radius 1 is 1.37 bits per heavy atom. The van der Waals surface area contributed by atoms with E-state index in [9.17, 15) is 9.59 Å². The number of fused-ring (bicyclic) bond motifs is 1. The number of nitrogens with zero attached hydrogens (tertiary/aromatic N) is 1. The molecule has 19 heavy (non-hydrogen) atoms. The van der Waals surface area contributed by atoms with E-state index in [2.05, 4.69) is 17.9 Å². The van der Waals surface area contributed by atoms with Crippen LogP contribution in [0.1, 0.15) is 25.8 Å². The molecule has 102 valence electrons. The lowest BCUT2D eigenvalue weighted by Gasteiger charge is -2.23. The van der Waals surface area contributed by atoms with Gasteiger partial charge in [0, 0.05) is 11.7 Å². The predicted octanol–water partition coefficient (Wildman–Crippen LogP) is 1.96. The van der Waals surface area contributed by atoms with Crippen molar-refractivity contribution in [2.45, 2.75) is 32.7 Å². The van der Waals surface area contributed by atoms with E-state index in [0.717, 1.165) is 12.1 Å². The summed E-state index contributed by atoms with van der Waals surface area (Å²) in [6, 6.07) is 8.39. The Bertz CT molecular complexity index is 484. The summed E-state index contributed by atoms with van der Waals surface area (Å²) in [5.41, 5.74) is 2.37. The molecule has 0 fully saturated rings. The third-order valence-electron chi connectivity index (χ3n) is 3.34. The second-order valence-corrected chi connectivity index (χ2v) is 4.83. The SMILES string of the molecule is CCOC(=O)CC(=O)CN1c2ccccc2CC1C. The number of benzene rings is 1. The van der Waals surface area contributed by atoms with Gasteiger partial charge in [0.25, 0.3) is 0 Å². The summed E-state index contributed by atoms with van der Waals surface area (Å²) >= 11 is 0. The largest absolute Gasteiger partial charge is 0.466 e. The number of rotatable bonds is 5. The Balaban J connectivity index is 1.99. The number of hydrogen-bond donors (Lipinski definition) is 0. The van der Waals surface area contributed by atoms with E-state index in [-0.39, 0.29) is 18.7 Å². The second-order valence-electron chi connectivity index (χ2n) is 4.83. The minimum atomic E-state index is -0.437. The van der Waals surface area contributed by atoms with Crippen LogP contribution in [-0.2, 0) is 20.7 Å². The van der Waals surface area contributed by atoms with Crippen LogP contribution in [-0.4, -0.2) is 30.9 Å². The van der Waals surface area contributed by atoms with Gasteiger partial charge in [-0.2, -0.15) is 0 Å². The fourth-order valence-corrected chi connectivity index (χ4v) is 2.49. The summed E-state index contributed by atoms with van der Waals surface area (Å²) in [5, 5.41) is 0. The molecular formula is C15H19NO3. The van der Waals surface area contributed by atoms with Crippen LogP contribution in [0, 0.1) is 0 Å². The first kappa shape index (κ1) is 13.6. The molecule has 1 aliphatic rings. The Hall–Kier alpha value is -1.84. The summed E-state index contributed by atoms with van der Waals surface area (Å²) in [5.74, 6) is -0.533. The maximum absolute atomic E-state index is 11.9. The van der Waals surface area contributed by atoms with E-state index in [1.165, 1.54) is 5.56 Å². The highest BCUT2D eigenvalue weighted by molar-refractivity contribution is 5.98. The first-order valence-corrected chi connectivity index (χ1v) is 6.63. The fourth-order valence-electron chi connectivity index (χ4n) is 2.49. The van der Waals surface area contributed by atoms with Crippen molar-refractivity contribution in [3.63, 3.8) is 0 Å². The number of carbonyl (C=O) groups is 2. The summed E-state index contributed by atoms with van der Waals surface area (Å²) < 4.78 is 4.80. The molecule has 1 atom stereocenters. The van der Waals surface area contributed by atoms with Crippen molar-refractivity contribution in [3.8, 4) is 0 Å². The molecule has 0 N–H and O–H groups in total. The summed E-state index contributed by atoms with van der Waals surface area (Å²) in [6.45, 7) is 4.42. The Morgan fingerprint density at radius 3 is 2.84 bits per heavy atom. The lowest BCUT2D eigenvalue weighted by Crippen LogP contribution is -2.35. The maximum Gasteiger partial charge on any atom is 0.313 e. The van der Waals surface area contributed by atoms with E-state index in [0.29, 0.717) is 12.6 Å². The minimum absolute atomic E-state index is 0.0954. The molecule has 0 bridgehead atoms. The molecular weight excluding hydrogens is 242 g/mol. The molecule has 1 unspecified atom stereocenters. The van der Waals surface area contributed by atoms with Gasteiger partial charge >= 0.3 is 5.97 Å². The lowest BCUT2D eigenvalue weighted by molar-refractivity contribution is -0.145. The van der Waals surface area contributed by atoms with Gasteiger partial charge in [-0.3, -0.25) is 9.59 Å². The van der Waals surface area contributed by atoms with Crippen molar-refractivity contribution < 1.29 is 14.3 Å². The van der Waals surface area contributed by atoms with Crippen molar-refractivity contribution in [1.82, 2.24) is 0 Å². The molecule has 0 spiro atoms. The van der Waals surface area contributed by atoms with Gasteiger partial charge in [-0.15, -0.1) is 0 Å². The highest BCUT2D eigenvalue weighted by atomic mass is 16.5. The highest BCUT2D eigenvalue weighted by Crippen LogP contribution is 2.31. The molecule has 2 rings (SSSR count). The Morgan fingerprint density at radius 2 is 2.11 bits per heavy atom. The Labute approximate surface area is 113 Å². The molecule has 1 aliphatic heterocycles. The maximum atomic E-state index is 11.9. The number of Topliss-reactive ketones (excluding diaryl/α,β-unsaturated/α-hetero) is 1. The van der Waals surface area contributed by atoms with Crippen molar-refractivity contribution in [2.24, 2.45) is 0 Å². The molecule has 0 aliphatic carbocycles. The first-order valence-electron chi connectivity index (χ1n) is 6.63. The third-order valence-corrected chi connectivity index (χ3v) is 3.34. The Kier molecular flexibility index (Phi) is 4.20. The predicted molar refractivity (Wildman–Crippen MR) is 73.2 cm³/mol. The minimum Gasteiger partial charge on any atom is -0.466 e. The van der Waals surface area contributed by atoms with Gasteiger partial charge in [0.1, 0.15) is 6.42 Å². The molecule has 0 amide bonds. The molecule has 0 saturated carbocycles. The van der Waals surface area contributed by atoms with Crippen LogP contribution in [0.4, 0.5) is 5.69 Å². The summed E-state index contributed by atoms with van der Waals surface area (Å²) in [4.78, 5) is 25.3. The number of hydrogen-bond acceptors (Lipinski definition) is 4. The van der Waals surface area contributed by atoms with Crippen LogP contribution in [0.15, 0.2) is 24.3 Å². The monoisotopic (exact) mass is 261 g/mol. The molecule has 4 heteroatoms. The summed E-state index contributed by atoms with van der Waals surface area (Å²) in [6.07, 6.45) is 0.808. The second kappa shape index (κ2) is 5.87. The van der Waals surface area contributed by atoms with E-state index < -0.39 is 5.97 Å². The number of para-hydroxylation sites is 1. The number of ketones is 1. The van der Waals surface area contributed by atoms with Crippen molar-refractivity contribution in [3.05, 3.63) is 29.8 Å². The molecule has 4 nitrogen and oxygen atoms in total. The zero-order valence-corrected chi connectivity index (χ0v) is 11.4. The van der Waals surface area contributed by atoms with Gasteiger partial charge in [-0.05, 0) is 31.9 Å². The van der Waals surface area contributed by atoms with E-state index >= 15 is 0 Å². The fraction of sp³-hybridized carbons (Fsp3) is 0.467. The molecule has 1 aromatic rings. The molecule has 0 aromatic heterocycles. The van der Waals surface area contributed by atoms with Crippen molar-refractivity contribution in [2.75, 3.05) is 18.1 Å². The third kappa shape index (κ3) is 3.13. The molecule has 0 radical (unpaired) electrons. The van der Waals surface area contributed by atoms with E-state index in [4.69, 9.17) is 4.74 Å². The molecule has 0 saturated heterocycles. The van der Waals surface area contributed by atoms with E-state index in [1.54, 1.807) is 6.92 Å². The number of ether oxygens (including phenoxy) is 1. The zero-order valence-electron chi connectivity index (χ0n) is 11.4. The van der Waals surface area contributed by atoms with E-state index in [1.807, 2.05) is 18.2 Å². The van der Waals surface area contributed by atoms with Crippen LogP contribution >= 0.6 is 0 Å². The van der Waals surface area contributed by atoms with Crippen LogP contribution in [0.2, 0.25) is 0 Å². The smallest absolute Gasteiger partial charge is 0.313 e. The van der Waals surface area contributed by atoms with Gasteiger partial charge in [0.2, 0.25) is 0 Å². The number of carbonyl (C=O) groups excluding carboxylic acids is 2. The first-order chi connectivity index (χ1) is 9.11. The topological polar surface area (TPSA) is 46.6 Å². The van der Waals surface area contributed by atoms with Crippen molar-refractivity contribution in [1.29, 1.82) is 0 Å². The van der Waals surface area contributed by atoms with Gasteiger partial charge < -0.3 is 9.64 Å². The van der Waals surface area contributed by atoms with Crippen LogP contribution < -0.4 is 4.90 Å². The van der Waals surface area contributed by atoms with Crippen molar-refractivity contribution >= 4 is 17.4 Å². The van der Waals surface area contributed by atoms with Gasteiger partial charge in [-0.1, -0.05) is 18.2 Å². The normalized spacial score (nSPS) is 17.2. The highest BCUT2D eigenvalue weighted by Gasteiger charge is 2.27. The van der Waals surface area contributed by atoms with Gasteiger partial charge in [0.05, 0.1) is 13.2 Å². The molecule has 1 heterocycles. The zero-order chi connectivity index (χ0) is 13.8. The number of anilines is 1. The standard InChI is InChI=1S/C15H19NO3/c1-3-19-15(18)9-13(17)10-16-11(2)8-12-6-4-5-7-14(12)16/h4-7,11H,3,8-10H2,1-2H3.